The van der Waals surface area contributed by atoms with Gasteiger partial charge in [-0.25, -0.2) is 0 Å². The molecular weight excluding hydrogens is 238 g/mol. The normalized spacial score (nSPS) is 19.6. The lowest BCUT2D eigenvalue weighted by atomic mass is 10.1. The molecule has 19 heavy (non-hydrogen) atoms. The minimum absolute atomic E-state index is 0.0763. The van der Waals surface area contributed by atoms with Gasteiger partial charge in [0, 0.05) is 30.9 Å². The molecule has 0 saturated carbocycles. The molecule has 4 heteroatoms. The Bertz CT molecular complexity index is 459. The largest absolute Gasteiger partial charge is 0.399 e. The number of amides is 1. The van der Waals surface area contributed by atoms with Crippen molar-refractivity contribution in [2.24, 2.45) is 5.92 Å². The highest BCUT2D eigenvalue weighted by molar-refractivity contribution is 5.91. The van der Waals surface area contributed by atoms with Crippen LogP contribution in [0, 0.1) is 12.8 Å². The van der Waals surface area contributed by atoms with Crippen LogP contribution >= 0.6 is 0 Å². The zero-order valence-corrected chi connectivity index (χ0v) is 11.8. The van der Waals surface area contributed by atoms with Gasteiger partial charge < -0.3 is 16.0 Å². The Hall–Kier alpha value is -1.55. The molecule has 1 fully saturated rings. The minimum atomic E-state index is 0.0763. The molecule has 104 valence electrons. The third kappa shape index (κ3) is 3.96. The third-order valence-corrected chi connectivity index (χ3v) is 3.69. The van der Waals surface area contributed by atoms with Crippen LogP contribution in [-0.2, 0) is 4.79 Å². The Morgan fingerprint density at radius 1 is 1.53 bits per heavy atom. The van der Waals surface area contributed by atoms with Crippen LogP contribution in [0.4, 0.5) is 11.4 Å². The van der Waals surface area contributed by atoms with Crippen LogP contribution < -0.4 is 11.1 Å². The van der Waals surface area contributed by atoms with Crippen LogP contribution in [0.3, 0.4) is 0 Å². The Kier molecular flexibility index (Phi) is 4.43. The van der Waals surface area contributed by atoms with Crippen molar-refractivity contribution in [2.45, 2.75) is 26.7 Å². The molecule has 1 aliphatic rings. The second-order valence-electron chi connectivity index (χ2n) is 5.57. The smallest absolute Gasteiger partial charge is 0.225 e. The molecule has 1 aromatic carbocycles. The van der Waals surface area contributed by atoms with Gasteiger partial charge in [0.2, 0.25) is 5.91 Å². The summed E-state index contributed by atoms with van der Waals surface area (Å²) in [4.78, 5) is 14.3. The summed E-state index contributed by atoms with van der Waals surface area (Å²) >= 11 is 0. The van der Waals surface area contributed by atoms with Gasteiger partial charge in [-0.3, -0.25) is 4.79 Å². The molecule has 0 bridgehead atoms. The first-order valence-corrected chi connectivity index (χ1v) is 6.93. The molecule has 1 saturated heterocycles. The Balaban J connectivity index is 1.81. The standard InChI is InChI=1S/C15H23N3O/c1-11-5-7-18(10-11)8-6-15(19)17-14-4-3-13(16)9-12(14)2/h3-4,9,11H,5-8,10,16H2,1-2H3,(H,17,19). The maximum atomic E-state index is 11.9. The Morgan fingerprint density at radius 3 is 2.95 bits per heavy atom. The predicted molar refractivity (Wildman–Crippen MR) is 79.1 cm³/mol. The fourth-order valence-electron chi connectivity index (χ4n) is 2.53. The number of benzene rings is 1. The van der Waals surface area contributed by atoms with Crippen molar-refractivity contribution < 1.29 is 4.79 Å². The molecule has 0 aromatic heterocycles. The predicted octanol–water partition coefficient (Wildman–Crippen LogP) is 2.25. The first kappa shape index (κ1) is 13.9. The molecule has 0 spiro atoms. The molecule has 1 aromatic rings. The van der Waals surface area contributed by atoms with Crippen molar-refractivity contribution in [1.29, 1.82) is 0 Å². The van der Waals surface area contributed by atoms with Gasteiger partial charge in [-0.1, -0.05) is 6.92 Å². The van der Waals surface area contributed by atoms with Crippen molar-refractivity contribution in [3.8, 4) is 0 Å². The summed E-state index contributed by atoms with van der Waals surface area (Å²) in [6.07, 6.45) is 1.80. The van der Waals surface area contributed by atoms with Crippen LogP contribution in [0.15, 0.2) is 18.2 Å². The van der Waals surface area contributed by atoms with E-state index in [1.807, 2.05) is 25.1 Å². The number of likely N-dealkylation sites (tertiary alicyclic amines) is 1. The lowest BCUT2D eigenvalue weighted by molar-refractivity contribution is -0.116. The van der Waals surface area contributed by atoms with E-state index in [1.165, 1.54) is 6.42 Å². The van der Waals surface area contributed by atoms with E-state index in [1.54, 1.807) is 0 Å². The van der Waals surface area contributed by atoms with Gasteiger partial charge in [0.1, 0.15) is 0 Å². The lowest BCUT2D eigenvalue weighted by Gasteiger charge is -2.15. The first-order valence-electron chi connectivity index (χ1n) is 6.93. The summed E-state index contributed by atoms with van der Waals surface area (Å²) in [7, 11) is 0. The topological polar surface area (TPSA) is 58.4 Å². The summed E-state index contributed by atoms with van der Waals surface area (Å²) in [6.45, 7) is 7.31. The van der Waals surface area contributed by atoms with Gasteiger partial charge in [-0.15, -0.1) is 0 Å². The molecule has 0 radical (unpaired) electrons. The quantitative estimate of drug-likeness (QED) is 0.817. The van der Waals surface area contributed by atoms with Crippen LogP contribution in [0.5, 0.6) is 0 Å². The molecule has 1 atom stereocenters. The van der Waals surface area contributed by atoms with E-state index in [4.69, 9.17) is 5.73 Å². The molecule has 1 unspecified atom stereocenters. The number of nitrogen functional groups attached to an aromatic ring is 1. The maximum Gasteiger partial charge on any atom is 0.225 e. The van der Waals surface area contributed by atoms with Gasteiger partial charge in [0.15, 0.2) is 0 Å². The van der Waals surface area contributed by atoms with Crippen LogP contribution in [0.1, 0.15) is 25.3 Å². The van der Waals surface area contributed by atoms with Gasteiger partial charge in [0.25, 0.3) is 0 Å². The fourth-order valence-corrected chi connectivity index (χ4v) is 2.53. The number of hydrogen-bond acceptors (Lipinski definition) is 3. The highest BCUT2D eigenvalue weighted by Crippen LogP contribution is 2.18. The molecule has 1 heterocycles. The van der Waals surface area contributed by atoms with Gasteiger partial charge in [-0.2, -0.15) is 0 Å². The monoisotopic (exact) mass is 261 g/mol. The van der Waals surface area contributed by atoms with E-state index in [0.717, 1.165) is 42.5 Å². The van der Waals surface area contributed by atoms with Crippen molar-refractivity contribution >= 4 is 17.3 Å². The van der Waals surface area contributed by atoms with Crippen molar-refractivity contribution in [3.05, 3.63) is 23.8 Å². The first-order chi connectivity index (χ1) is 9.04. The molecule has 0 aliphatic carbocycles. The summed E-state index contributed by atoms with van der Waals surface area (Å²) in [5.41, 5.74) is 8.28. The average Bonchev–Trinajstić information content (AvgIpc) is 2.76. The number of nitrogens with two attached hydrogens (primary N) is 1. The van der Waals surface area contributed by atoms with Crippen LogP contribution in [0.2, 0.25) is 0 Å². The third-order valence-electron chi connectivity index (χ3n) is 3.69. The van der Waals surface area contributed by atoms with Gasteiger partial charge >= 0.3 is 0 Å². The van der Waals surface area contributed by atoms with Crippen molar-refractivity contribution in [2.75, 3.05) is 30.7 Å². The number of nitrogens with zero attached hydrogens (tertiary/aromatic N) is 1. The minimum Gasteiger partial charge on any atom is -0.399 e. The summed E-state index contributed by atoms with van der Waals surface area (Å²) < 4.78 is 0. The van der Waals surface area contributed by atoms with Gasteiger partial charge in [0.05, 0.1) is 0 Å². The molecule has 2 rings (SSSR count). The number of hydrogen-bond donors (Lipinski definition) is 2. The number of aryl methyl sites for hydroxylation is 1. The molecular formula is C15H23N3O. The number of carbonyl (C=O) groups excluding carboxylic acids is 1. The molecule has 4 nitrogen and oxygen atoms in total. The highest BCUT2D eigenvalue weighted by atomic mass is 16.1. The van der Waals surface area contributed by atoms with E-state index < -0.39 is 0 Å². The highest BCUT2D eigenvalue weighted by Gasteiger charge is 2.18. The average molecular weight is 261 g/mol. The second-order valence-corrected chi connectivity index (χ2v) is 5.57. The lowest BCUT2D eigenvalue weighted by Crippen LogP contribution is -2.25. The molecule has 1 aliphatic heterocycles. The second kappa shape index (κ2) is 6.06. The number of nitrogens with one attached hydrogen (secondary N) is 1. The van der Waals surface area contributed by atoms with Crippen LogP contribution in [0.25, 0.3) is 0 Å². The number of carbonyl (C=O) groups is 1. The van der Waals surface area contributed by atoms with Crippen molar-refractivity contribution in [1.82, 2.24) is 4.90 Å². The summed E-state index contributed by atoms with van der Waals surface area (Å²) in [5, 5.41) is 2.95. The summed E-state index contributed by atoms with van der Waals surface area (Å²) in [5.74, 6) is 0.842. The van der Waals surface area contributed by atoms with Crippen molar-refractivity contribution in [3.63, 3.8) is 0 Å². The number of rotatable bonds is 4. The van der Waals surface area contributed by atoms with E-state index in [0.29, 0.717) is 6.42 Å². The number of anilines is 2. The zero-order valence-electron chi connectivity index (χ0n) is 11.8. The van der Waals surface area contributed by atoms with E-state index >= 15 is 0 Å². The Morgan fingerprint density at radius 2 is 2.32 bits per heavy atom. The van der Waals surface area contributed by atoms with E-state index in [2.05, 4.69) is 17.1 Å². The SMILES string of the molecule is Cc1cc(N)ccc1NC(=O)CCN1CCC(C)C1. The van der Waals surface area contributed by atoms with E-state index in [-0.39, 0.29) is 5.91 Å². The maximum absolute atomic E-state index is 11.9. The van der Waals surface area contributed by atoms with Gasteiger partial charge in [-0.05, 0) is 49.6 Å². The molecule has 3 N–H and O–H groups in total. The van der Waals surface area contributed by atoms with E-state index in [9.17, 15) is 4.79 Å². The van der Waals surface area contributed by atoms with Crippen LogP contribution in [-0.4, -0.2) is 30.4 Å². The fraction of sp³-hybridized carbons (Fsp3) is 0.533. The zero-order chi connectivity index (χ0) is 13.8. The molecule has 1 amide bonds. The Labute approximate surface area is 115 Å². The summed E-state index contributed by atoms with van der Waals surface area (Å²) in [6, 6.07) is 5.54.